The molecule has 0 spiro atoms. The molecule has 1 N–H and O–H groups in total. The maximum Gasteiger partial charge on any atom is 0.126 e. The van der Waals surface area contributed by atoms with E-state index in [2.05, 4.69) is 0 Å². The highest BCUT2D eigenvalue weighted by Gasteiger charge is 2.19. The van der Waals surface area contributed by atoms with Gasteiger partial charge in [-0.2, -0.15) is 0 Å². The van der Waals surface area contributed by atoms with Gasteiger partial charge < -0.3 is 9.84 Å². The van der Waals surface area contributed by atoms with Crippen LogP contribution in [0.2, 0.25) is 0 Å². The Kier molecular flexibility index (Phi) is 4.17. The minimum absolute atomic E-state index is 0.196. The molecule has 1 rings (SSSR count). The van der Waals surface area contributed by atoms with E-state index >= 15 is 0 Å². The molecule has 0 heterocycles. The summed E-state index contributed by atoms with van der Waals surface area (Å²) in [7, 11) is 1.45. The quantitative estimate of drug-likeness (QED) is 0.837. The van der Waals surface area contributed by atoms with Crippen LogP contribution in [-0.4, -0.2) is 18.3 Å². The van der Waals surface area contributed by atoms with Gasteiger partial charge in [-0.15, -0.1) is 0 Å². The fourth-order valence-electron chi connectivity index (χ4n) is 1.48. The molecule has 0 aliphatic rings. The number of methoxy groups -OCH3 is 1. The van der Waals surface area contributed by atoms with E-state index < -0.39 is 23.8 Å². The zero-order valence-corrected chi connectivity index (χ0v) is 8.71. The second kappa shape index (κ2) is 5.19. The van der Waals surface area contributed by atoms with Crippen LogP contribution in [-0.2, 0) is 4.74 Å². The Labute approximate surface area is 87.5 Å². The van der Waals surface area contributed by atoms with Crippen molar-refractivity contribution in [1.29, 1.82) is 0 Å². The van der Waals surface area contributed by atoms with Crippen LogP contribution in [0.1, 0.15) is 25.0 Å². The Hall–Kier alpha value is -1.00. The highest BCUT2D eigenvalue weighted by atomic mass is 19.1. The van der Waals surface area contributed by atoms with E-state index in [4.69, 9.17) is 4.74 Å². The number of aliphatic hydroxyl groups excluding tert-OH is 1. The first-order chi connectivity index (χ1) is 7.08. The number of benzene rings is 1. The fourth-order valence-corrected chi connectivity index (χ4v) is 1.48. The van der Waals surface area contributed by atoms with E-state index in [1.54, 1.807) is 0 Å². The normalized spacial score (nSPS) is 15.0. The van der Waals surface area contributed by atoms with Crippen LogP contribution in [0, 0.1) is 11.6 Å². The van der Waals surface area contributed by atoms with Crippen LogP contribution in [0.3, 0.4) is 0 Å². The standard InChI is InChI=1S/C11H14F2O2/c1-3-10(15-2)11(14)7-4-8(12)6-9(13)5-7/h4-6,10-11,14H,3H2,1-2H3. The van der Waals surface area contributed by atoms with E-state index in [0.29, 0.717) is 6.42 Å². The van der Waals surface area contributed by atoms with Crippen LogP contribution in [0.25, 0.3) is 0 Å². The van der Waals surface area contributed by atoms with Crippen LogP contribution < -0.4 is 0 Å². The summed E-state index contributed by atoms with van der Waals surface area (Å²) < 4.78 is 30.7. The minimum Gasteiger partial charge on any atom is -0.386 e. The largest absolute Gasteiger partial charge is 0.386 e. The molecule has 0 saturated heterocycles. The molecule has 4 heteroatoms. The molecule has 0 fully saturated rings. The van der Waals surface area contributed by atoms with Crippen molar-refractivity contribution in [3.63, 3.8) is 0 Å². The summed E-state index contributed by atoms with van der Waals surface area (Å²) in [5, 5.41) is 9.77. The van der Waals surface area contributed by atoms with E-state index in [0.717, 1.165) is 18.2 Å². The summed E-state index contributed by atoms with van der Waals surface area (Å²) in [6.45, 7) is 1.83. The van der Waals surface area contributed by atoms with Gasteiger partial charge in [0.15, 0.2) is 0 Å². The van der Waals surface area contributed by atoms with Gasteiger partial charge in [-0.05, 0) is 24.1 Å². The number of halogens is 2. The van der Waals surface area contributed by atoms with Crippen molar-refractivity contribution >= 4 is 0 Å². The third-order valence-electron chi connectivity index (χ3n) is 2.28. The molecular formula is C11H14F2O2. The molecule has 15 heavy (non-hydrogen) atoms. The van der Waals surface area contributed by atoms with Crippen LogP contribution in [0.15, 0.2) is 18.2 Å². The molecule has 1 aromatic rings. The number of aliphatic hydroxyl groups is 1. The highest BCUT2D eigenvalue weighted by Crippen LogP contribution is 2.22. The van der Waals surface area contributed by atoms with Crippen LogP contribution in [0.5, 0.6) is 0 Å². The van der Waals surface area contributed by atoms with Gasteiger partial charge in [-0.1, -0.05) is 6.92 Å². The topological polar surface area (TPSA) is 29.5 Å². The van der Waals surface area contributed by atoms with Gasteiger partial charge in [0, 0.05) is 13.2 Å². The van der Waals surface area contributed by atoms with Crippen molar-refractivity contribution in [1.82, 2.24) is 0 Å². The lowest BCUT2D eigenvalue weighted by atomic mass is 10.0. The molecule has 84 valence electrons. The van der Waals surface area contributed by atoms with Crippen molar-refractivity contribution < 1.29 is 18.6 Å². The lowest BCUT2D eigenvalue weighted by Crippen LogP contribution is -2.20. The molecule has 2 nitrogen and oxygen atoms in total. The van der Waals surface area contributed by atoms with Gasteiger partial charge in [0.2, 0.25) is 0 Å². The Morgan fingerprint density at radius 3 is 2.20 bits per heavy atom. The van der Waals surface area contributed by atoms with E-state index in [9.17, 15) is 13.9 Å². The summed E-state index contributed by atoms with van der Waals surface area (Å²) in [5.41, 5.74) is 0.196. The molecule has 0 saturated carbocycles. The summed E-state index contributed by atoms with van der Waals surface area (Å²) in [6.07, 6.45) is -0.896. The van der Waals surface area contributed by atoms with Gasteiger partial charge in [-0.25, -0.2) is 8.78 Å². The van der Waals surface area contributed by atoms with E-state index in [1.165, 1.54) is 7.11 Å². The Morgan fingerprint density at radius 2 is 1.80 bits per heavy atom. The van der Waals surface area contributed by atoms with Gasteiger partial charge in [0.1, 0.15) is 17.7 Å². The second-order valence-electron chi connectivity index (χ2n) is 3.33. The second-order valence-corrected chi connectivity index (χ2v) is 3.33. The smallest absolute Gasteiger partial charge is 0.126 e. The van der Waals surface area contributed by atoms with Crippen molar-refractivity contribution in [2.24, 2.45) is 0 Å². The zero-order valence-electron chi connectivity index (χ0n) is 8.71. The van der Waals surface area contributed by atoms with E-state index in [1.807, 2.05) is 6.92 Å². The first-order valence-corrected chi connectivity index (χ1v) is 4.75. The average molecular weight is 216 g/mol. The third-order valence-corrected chi connectivity index (χ3v) is 2.28. The summed E-state index contributed by atoms with van der Waals surface area (Å²) in [4.78, 5) is 0. The van der Waals surface area contributed by atoms with Crippen molar-refractivity contribution in [2.45, 2.75) is 25.6 Å². The van der Waals surface area contributed by atoms with Crippen molar-refractivity contribution in [3.8, 4) is 0 Å². The molecule has 2 unspecified atom stereocenters. The molecule has 0 aliphatic carbocycles. The maximum absolute atomic E-state index is 12.9. The maximum atomic E-state index is 12.9. The molecule has 1 aromatic carbocycles. The predicted octanol–water partition coefficient (Wildman–Crippen LogP) is 2.42. The first-order valence-electron chi connectivity index (χ1n) is 4.75. The van der Waals surface area contributed by atoms with Crippen LogP contribution >= 0.6 is 0 Å². The number of hydrogen-bond donors (Lipinski definition) is 1. The number of rotatable bonds is 4. The molecule has 0 bridgehead atoms. The first kappa shape index (κ1) is 12.1. The van der Waals surface area contributed by atoms with Crippen LogP contribution in [0.4, 0.5) is 8.78 Å². The lowest BCUT2D eigenvalue weighted by Gasteiger charge is -2.20. The van der Waals surface area contributed by atoms with Gasteiger partial charge in [0.25, 0.3) is 0 Å². The third kappa shape index (κ3) is 2.97. The number of ether oxygens (including phenoxy) is 1. The minimum atomic E-state index is -1.01. The zero-order chi connectivity index (χ0) is 11.4. The van der Waals surface area contributed by atoms with Crippen molar-refractivity contribution in [3.05, 3.63) is 35.4 Å². The SMILES string of the molecule is CCC(OC)C(O)c1cc(F)cc(F)c1. The van der Waals surface area contributed by atoms with Gasteiger partial charge in [0.05, 0.1) is 6.10 Å². The Morgan fingerprint density at radius 1 is 1.27 bits per heavy atom. The van der Waals surface area contributed by atoms with Crippen molar-refractivity contribution in [2.75, 3.05) is 7.11 Å². The molecule has 0 aromatic heterocycles. The monoisotopic (exact) mass is 216 g/mol. The summed E-state index contributed by atoms with van der Waals surface area (Å²) >= 11 is 0. The van der Waals surface area contributed by atoms with Gasteiger partial charge >= 0.3 is 0 Å². The van der Waals surface area contributed by atoms with Gasteiger partial charge in [-0.3, -0.25) is 0 Å². The molecule has 0 amide bonds. The molecule has 2 atom stereocenters. The Balaban J connectivity index is 2.94. The molecule has 0 radical (unpaired) electrons. The summed E-state index contributed by atoms with van der Waals surface area (Å²) in [5.74, 6) is -1.40. The fraction of sp³-hybridized carbons (Fsp3) is 0.455. The Bertz CT molecular complexity index is 304. The van der Waals surface area contributed by atoms with E-state index in [-0.39, 0.29) is 5.56 Å². The number of hydrogen-bond acceptors (Lipinski definition) is 2. The molecule has 0 aliphatic heterocycles. The average Bonchev–Trinajstić information content (AvgIpc) is 2.18. The predicted molar refractivity (Wildman–Crippen MR) is 52.4 cm³/mol. The lowest BCUT2D eigenvalue weighted by molar-refractivity contribution is -0.0151. The molecular weight excluding hydrogens is 202 g/mol. The highest BCUT2D eigenvalue weighted by molar-refractivity contribution is 5.21. The summed E-state index contributed by atoms with van der Waals surface area (Å²) in [6, 6.07) is 2.98.